The van der Waals surface area contributed by atoms with E-state index in [4.69, 9.17) is 16.7 Å². The second-order valence-corrected chi connectivity index (χ2v) is 2.85. The average Bonchev–Trinajstić information content (AvgIpc) is 2.08. The molecule has 0 heterocycles. The molecule has 1 aromatic carbocycles. The molecular weight excluding hydrogens is 186 g/mol. The van der Waals surface area contributed by atoms with Gasteiger partial charge in [0.2, 0.25) is 0 Å². The smallest absolute Gasteiger partial charge is 0.159 e. The van der Waals surface area contributed by atoms with Crippen LogP contribution in [0.5, 0.6) is 0 Å². The third kappa shape index (κ3) is 1.93. The summed E-state index contributed by atoms with van der Waals surface area (Å²) in [7, 11) is 0. The Morgan fingerprint density at radius 2 is 2.00 bits per heavy atom. The largest absolute Gasteiger partial charge is 0.394 e. The van der Waals surface area contributed by atoms with Crippen LogP contribution in [0.2, 0.25) is 0 Å². The summed E-state index contributed by atoms with van der Waals surface area (Å²) in [4.78, 5) is 0. The first kappa shape index (κ1) is 9.42. The molecule has 12 heavy (non-hydrogen) atoms. The van der Waals surface area contributed by atoms with Crippen molar-refractivity contribution in [3.8, 4) is 0 Å². The Morgan fingerprint density at radius 1 is 1.33 bits per heavy atom. The molecule has 1 N–H and O–H groups in total. The quantitative estimate of drug-likeness (QED) is 0.713. The van der Waals surface area contributed by atoms with Gasteiger partial charge in [-0.15, -0.1) is 11.6 Å². The van der Waals surface area contributed by atoms with Crippen LogP contribution >= 0.6 is 11.6 Å². The summed E-state index contributed by atoms with van der Waals surface area (Å²) in [6, 6.07) is 3.30. The maximum absolute atomic E-state index is 12.6. The summed E-state index contributed by atoms with van der Waals surface area (Å²) < 4.78 is 24.9. The molecule has 0 fully saturated rings. The number of rotatable bonds is 2. The number of aliphatic hydroxyl groups is 1. The second kappa shape index (κ2) is 3.83. The van der Waals surface area contributed by atoms with E-state index in [0.29, 0.717) is 5.56 Å². The van der Waals surface area contributed by atoms with Crippen molar-refractivity contribution in [2.75, 3.05) is 6.61 Å². The standard InChI is InChI=1S/C8H7ClF2O/c9-6(4-12)5-1-2-7(10)8(11)3-5/h1-3,6,12H,4H2/t6-/m1/s1. The monoisotopic (exact) mass is 192 g/mol. The van der Waals surface area contributed by atoms with Gasteiger partial charge in [-0.3, -0.25) is 0 Å². The number of halogens is 3. The zero-order valence-electron chi connectivity index (χ0n) is 6.10. The van der Waals surface area contributed by atoms with E-state index in [9.17, 15) is 8.78 Å². The van der Waals surface area contributed by atoms with Gasteiger partial charge in [0.1, 0.15) is 0 Å². The Kier molecular flexibility index (Phi) is 3.00. The molecule has 66 valence electrons. The molecule has 0 bridgehead atoms. The summed E-state index contributed by atoms with van der Waals surface area (Å²) in [5, 5.41) is 7.92. The fraction of sp³-hybridized carbons (Fsp3) is 0.250. The summed E-state index contributed by atoms with van der Waals surface area (Å²) in [6.07, 6.45) is 0. The van der Waals surface area contributed by atoms with Crippen LogP contribution < -0.4 is 0 Å². The number of hydrogen-bond acceptors (Lipinski definition) is 1. The van der Waals surface area contributed by atoms with E-state index in [1.807, 2.05) is 0 Å². The molecule has 1 atom stereocenters. The van der Waals surface area contributed by atoms with Crippen molar-refractivity contribution in [3.63, 3.8) is 0 Å². The molecule has 0 saturated carbocycles. The highest BCUT2D eigenvalue weighted by Crippen LogP contribution is 2.21. The molecule has 0 unspecified atom stereocenters. The van der Waals surface area contributed by atoms with Gasteiger partial charge < -0.3 is 5.11 Å². The van der Waals surface area contributed by atoms with Crippen LogP contribution in [0.25, 0.3) is 0 Å². The van der Waals surface area contributed by atoms with Crippen molar-refractivity contribution in [3.05, 3.63) is 35.4 Å². The van der Waals surface area contributed by atoms with Gasteiger partial charge >= 0.3 is 0 Å². The van der Waals surface area contributed by atoms with Crippen molar-refractivity contribution in [1.29, 1.82) is 0 Å². The molecule has 0 spiro atoms. The molecule has 1 rings (SSSR count). The van der Waals surface area contributed by atoms with Crippen LogP contribution in [0.15, 0.2) is 18.2 Å². The zero-order chi connectivity index (χ0) is 9.14. The normalized spacial score (nSPS) is 13.0. The van der Waals surface area contributed by atoms with E-state index in [0.717, 1.165) is 12.1 Å². The van der Waals surface area contributed by atoms with Gasteiger partial charge in [-0.05, 0) is 17.7 Å². The predicted octanol–water partition coefficient (Wildman–Crippen LogP) is 2.24. The Morgan fingerprint density at radius 3 is 2.50 bits per heavy atom. The van der Waals surface area contributed by atoms with Gasteiger partial charge in [-0.1, -0.05) is 6.07 Å². The predicted molar refractivity (Wildman–Crippen MR) is 42.0 cm³/mol. The molecule has 0 amide bonds. The fourth-order valence-electron chi connectivity index (χ4n) is 0.813. The Bertz CT molecular complexity index is 278. The second-order valence-electron chi connectivity index (χ2n) is 2.32. The molecule has 1 nitrogen and oxygen atoms in total. The SMILES string of the molecule is OC[C@@H](Cl)c1ccc(F)c(F)c1. The summed E-state index contributed by atoms with van der Waals surface area (Å²) >= 11 is 5.58. The lowest BCUT2D eigenvalue weighted by atomic mass is 10.1. The molecular formula is C8H7ClF2O. The van der Waals surface area contributed by atoms with Gasteiger partial charge in [0.25, 0.3) is 0 Å². The van der Waals surface area contributed by atoms with E-state index >= 15 is 0 Å². The Hall–Kier alpha value is -0.670. The highest BCUT2D eigenvalue weighted by Gasteiger charge is 2.09. The molecule has 0 aliphatic rings. The molecule has 0 radical (unpaired) electrons. The molecule has 0 aromatic heterocycles. The van der Waals surface area contributed by atoms with E-state index < -0.39 is 17.0 Å². The first-order valence-electron chi connectivity index (χ1n) is 3.35. The van der Waals surface area contributed by atoms with Crippen molar-refractivity contribution < 1.29 is 13.9 Å². The summed E-state index contributed by atoms with van der Waals surface area (Å²) in [5.74, 6) is -1.87. The highest BCUT2D eigenvalue weighted by molar-refractivity contribution is 6.20. The first-order valence-corrected chi connectivity index (χ1v) is 3.78. The van der Waals surface area contributed by atoms with Crippen molar-refractivity contribution >= 4 is 11.6 Å². The lowest BCUT2D eigenvalue weighted by Gasteiger charge is -2.05. The summed E-state index contributed by atoms with van der Waals surface area (Å²) in [5.41, 5.74) is 0.373. The van der Waals surface area contributed by atoms with Crippen LogP contribution in [0.1, 0.15) is 10.9 Å². The minimum absolute atomic E-state index is 0.299. The van der Waals surface area contributed by atoms with Gasteiger partial charge in [0.05, 0.1) is 12.0 Å². The molecule has 0 aliphatic heterocycles. The topological polar surface area (TPSA) is 20.2 Å². The van der Waals surface area contributed by atoms with Crippen LogP contribution in [0, 0.1) is 11.6 Å². The van der Waals surface area contributed by atoms with Crippen molar-refractivity contribution in [2.45, 2.75) is 5.38 Å². The third-order valence-corrected chi connectivity index (χ3v) is 1.86. The third-order valence-electron chi connectivity index (χ3n) is 1.47. The van der Waals surface area contributed by atoms with Gasteiger partial charge in [-0.2, -0.15) is 0 Å². The van der Waals surface area contributed by atoms with Crippen LogP contribution in [-0.2, 0) is 0 Å². The lowest BCUT2D eigenvalue weighted by Crippen LogP contribution is -1.97. The summed E-state index contributed by atoms with van der Waals surface area (Å²) in [6.45, 7) is -0.299. The number of alkyl halides is 1. The fourth-order valence-corrected chi connectivity index (χ4v) is 0.948. The molecule has 0 aliphatic carbocycles. The molecule has 1 aromatic rings. The van der Waals surface area contributed by atoms with E-state index in [2.05, 4.69) is 0 Å². The molecule has 0 saturated heterocycles. The van der Waals surface area contributed by atoms with E-state index in [1.165, 1.54) is 6.07 Å². The Labute approximate surface area is 73.6 Å². The van der Waals surface area contributed by atoms with Gasteiger partial charge in [0.15, 0.2) is 11.6 Å². The van der Waals surface area contributed by atoms with Crippen LogP contribution in [0.3, 0.4) is 0 Å². The first-order chi connectivity index (χ1) is 5.65. The van der Waals surface area contributed by atoms with Gasteiger partial charge in [-0.25, -0.2) is 8.78 Å². The van der Waals surface area contributed by atoms with Crippen molar-refractivity contribution in [2.24, 2.45) is 0 Å². The number of aliphatic hydroxyl groups excluding tert-OH is 1. The average molecular weight is 193 g/mol. The van der Waals surface area contributed by atoms with Gasteiger partial charge in [0, 0.05) is 0 Å². The van der Waals surface area contributed by atoms with E-state index in [1.54, 1.807) is 0 Å². The minimum Gasteiger partial charge on any atom is -0.394 e. The Balaban J connectivity index is 2.96. The maximum Gasteiger partial charge on any atom is 0.159 e. The number of hydrogen-bond donors (Lipinski definition) is 1. The van der Waals surface area contributed by atoms with Crippen molar-refractivity contribution in [1.82, 2.24) is 0 Å². The van der Waals surface area contributed by atoms with E-state index in [-0.39, 0.29) is 6.61 Å². The lowest BCUT2D eigenvalue weighted by molar-refractivity contribution is 0.294. The highest BCUT2D eigenvalue weighted by atomic mass is 35.5. The van der Waals surface area contributed by atoms with Crippen LogP contribution in [0.4, 0.5) is 8.78 Å². The van der Waals surface area contributed by atoms with Crippen LogP contribution in [-0.4, -0.2) is 11.7 Å². The number of benzene rings is 1. The molecule has 4 heteroatoms. The zero-order valence-corrected chi connectivity index (χ0v) is 6.85. The maximum atomic E-state index is 12.6. The minimum atomic E-state index is -0.952.